The SMILES string of the molecule is COC(=O)c1c(NC(=O)c2ccc(N3CCCCC3)c([N+](=O)[O-])c2)sc2c1CCC2. The van der Waals surface area contributed by atoms with Gasteiger partial charge in [-0.15, -0.1) is 11.3 Å². The third-order valence-electron chi connectivity index (χ3n) is 5.67. The van der Waals surface area contributed by atoms with Crippen LogP contribution >= 0.6 is 11.3 Å². The first-order valence-corrected chi connectivity index (χ1v) is 10.9. The maximum Gasteiger partial charge on any atom is 0.341 e. The van der Waals surface area contributed by atoms with Gasteiger partial charge in [-0.05, 0) is 56.2 Å². The van der Waals surface area contributed by atoms with Crippen LogP contribution in [0.15, 0.2) is 18.2 Å². The van der Waals surface area contributed by atoms with Gasteiger partial charge in [0.05, 0.1) is 17.6 Å². The Morgan fingerprint density at radius 2 is 1.93 bits per heavy atom. The van der Waals surface area contributed by atoms with Crippen molar-refractivity contribution in [1.29, 1.82) is 0 Å². The Balaban J connectivity index is 1.62. The fourth-order valence-corrected chi connectivity index (χ4v) is 5.47. The highest BCUT2D eigenvalue weighted by molar-refractivity contribution is 7.17. The zero-order valence-corrected chi connectivity index (χ0v) is 17.5. The average molecular weight is 429 g/mol. The molecule has 2 heterocycles. The summed E-state index contributed by atoms with van der Waals surface area (Å²) in [4.78, 5) is 39.4. The van der Waals surface area contributed by atoms with Crippen molar-refractivity contribution in [2.75, 3.05) is 30.4 Å². The van der Waals surface area contributed by atoms with E-state index in [2.05, 4.69) is 5.32 Å². The Kier molecular flexibility index (Phi) is 5.72. The van der Waals surface area contributed by atoms with Crippen molar-refractivity contribution < 1.29 is 19.2 Å². The molecule has 1 aliphatic heterocycles. The molecular weight excluding hydrogens is 406 g/mol. The monoisotopic (exact) mass is 429 g/mol. The Morgan fingerprint density at radius 1 is 1.17 bits per heavy atom. The number of anilines is 2. The molecule has 1 aromatic carbocycles. The molecule has 0 radical (unpaired) electrons. The number of nitrogens with one attached hydrogen (secondary N) is 1. The number of hydrogen-bond donors (Lipinski definition) is 1. The molecule has 0 spiro atoms. The van der Waals surface area contributed by atoms with Crippen LogP contribution in [0, 0.1) is 10.1 Å². The van der Waals surface area contributed by atoms with Crippen LogP contribution in [0.3, 0.4) is 0 Å². The molecule has 1 saturated heterocycles. The van der Waals surface area contributed by atoms with Crippen molar-refractivity contribution in [2.24, 2.45) is 0 Å². The summed E-state index contributed by atoms with van der Waals surface area (Å²) in [5.41, 5.74) is 2.00. The molecule has 1 aromatic heterocycles. The number of fused-ring (bicyclic) bond motifs is 1. The minimum absolute atomic E-state index is 0.0774. The van der Waals surface area contributed by atoms with Crippen LogP contribution in [0.25, 0.3) is 0 Å². The van der Waals surface area contributed by atoms with E-state index in [0.717, 1.165) is 62.1 Å². The molecule has 0 atom stereocenters. The molecule has 2 aliphatic rings. The van der Waals surface area contributed by atoms with E-state index in [4.69, 9.17) is 4.74 Å². The Hall–Kier alpha value is -2.94. The molecule has 1 aliphatic carbocycles. The van der Waals surface area contributed by atoms with E-state index < -0.39 is 16.8 Å². The molecule has 8 nitrogen and oxygen atoms in total. The predicted molar refractivity (Wildman–Crippen MR) is 115 cm³/mol. The summed E-state index contributed by atoms with van der Waals surface area (Å²) in [5.74, 6) is -0.954. The third-order valence-corrected chi connectivity index (χ3v) is 6.88. The largest absolute Gasteiger partial charge is 0.465 e. The van der Waals surface area contributed by atoms with Gasteiger partial charge in [0.15, 0.2) is 0 Å². The standard InChI is InChI=1S/C21H23N3O5S/c1-29-21(26)18-14-6-5-7-17(14)30-20(18)22-19(25)13-8-9-15(16(12-13)24(27)28)23-10-3-2-4-11-23/h8-9,12H,2-7,10-11H2,1H3,(H,22,25). The van der Waals surface area contributed by atoms with Crippen LogP contribution in [0.2, 0.25) is 0 Å². The van der Waals surface area contributed by atoms with E-state index in [1.165, 1.54) is 24.5 Å². The maximum absolute atomic E-state index is 12.9. The minimum atomic E-state index is -0.478. The minimum Gasteiger partial charge on any atom is -0.465 e. The number of nitro groups is 1. The van der Waals surface area contributed by atoms with Gasteiger partial charge < -0.3 is 15.0 Å². The first-order valence-electron chi connectivity index (χ1n) is 10.1. The number of nitrogens with zero attached hydrogens (tertiary/aromatic N) is 2. The second-order valence-electron chi connectivity index (χ2n) is 7.52. The second-order valence-corrected chi connectivity index (χ2v) is 8.62. The van der Waals surface area contributed by atoms with Gasteiger partial charge in [0.2, 0.25) is 0 Å². The lowest BCUT2D eigenvalue weighted by atomic mass is 10.1. The van der Waals surface area contributed by atoms with Crippen molar-refractivity contribution in [1.82, 2.24) is 0 Å². The summed E-state index contributed by atoms with van der Waals surface area (Å²) in [5, 5.41) is 14.9. The molecule has 1 amide bonds. The molecule has 0 saturated carbocycles. The number of carbonyl (C=O) groups is 2. The number of nitro benzene ring substituents is 1. The van der Waals surface area contributed by atoms with Crippen LogP contribution < -0.4 is 10.2 Å². The van der Waals surface area contributed by atoms with Crippen molar-refractivity contribution in [2.45, 2.75) is 38.5 Å². The first kappa shape index (κ1) is 20.3. The number of ether oxygens (including phenoxy) is 1. The summed E-state index contributed by atoms with van der Waals surface area (Å²) in [6, 6.07) is 4.57. The fraction of sp³-hybridized carbons (Fsp3) is 0.429. The van der Waals surface area contributed by atoms with Gasteiger partial charge in [0.25, 0.3) is 11.6 Å². The molecule has 4 rings (SSSR count). The van der Waals surface area contributed by atoms with Crippen LogP contribution in [0.4, 0.5) is 16.4 Å². The molecule has 0 bridgehead atoms. The van der Waals surface area contributed by atoms with Gasteiger partial charge >= 0.3 is 5.97 Å². The number of aryl methyl sites for hydroxylation is 1. The molecular formula is C21H23N3O5S. The van der Waals surface area contributed by atoms with Gasteiger partial charge in [-0.2, -0.15) is 0 Å². The number of benzene rings is 1. The molecule has 1 fully saturated rings. The Labute approximate surface area is 178 Å². The summed E-state index contributed by atoms with van der Waals surface area (Å²) < 4.78 is 4.90. The quantitative estimate of drug-likeness (QED) is 0.435. The summed E-state index contributed by atoms with van der Waals surface area (Å²) in [7, 11) is 1.32. The van der Waals surface area contributed by atoms with E-state index >= 15 is 0 Å². The lowest BCUT2D eigenvalue weighted by molar-refractivity contribution is -0.384. The number of hydrogen-bond acceptors (Lipinski definition) is 7. The zero-order chi connectivity index (χ0) is 21.3. The number of thiophene rings is 1. The molecule has 2 aromatic rings. The van der Waals surface area contributed by atoms with Gasteiger partial charge in [-0.3, -0.25) is 14.9 Å². The van der Waals surface area contributed by atoms with Crippen molar-refractivity contribution in [3.05, 3.63) is 49.9 Å². The van der Waals surface area contributed by atoms with Crippen LogP contribution in [-0.2, 0) is 17.6 Å². The smallest absolute Gasteiger partial charge is 0.341 e. The van der Waals surface area contributed by atoms with Crippen LogP contribution in [0.5, 0.6) is 0 Å². The molecule has 1 N–H and O–H groups in total. The summed E-state index contributed by atoms with van der Waals surface area (Å²) >= 11 is 1.38. The molecule has 30 heavy (non-hydrogen) atoms. The Morgan fingerprint density at radius 3 is 2.63 bits per heavy atom. The van der Waals surface area contributed by atoms with E-state index in [0.29, 0.717) is 16.3 Å². The highest BCUT2D eigenvalue weighted by atomic mass is 32.1. The second kappa shape index (κ2) is 8.43. The normalized spacial score (nSPS) is 15.6. The highest BCUT2D eigenvalue weighted by Gasteiger charge is 2.29. The topological polar surface area (TPSA) is 102 Å². The zero-order valence-electron chi connectivity index (χ0n) is 16.7. The lowest BCUT2D eigenvalue weighted by Gasteiger charge is -2.28. The molecule has 0 unspecified atom stereocenters. The maximum atomic E-state index is 12.9. The summed E-state index contributed by atoms with van der Waals surface area (Å²) in [6.45, 7) is 1.55. The lowest BCUT2D eigenvalue weighted by Crippen LogP contribution is -2.30. The third kappa shape index (κ3) is 3.77. The van der Waals surface area contributed by atoms with Gasteiger partial charge in [-0.1, -0.05) is 0 Å². The number of amides is 1. The first-order chi connectivity index (χ1) is 14.5. The highest BCUT2D eigenvalue weighted by Crippen LogP contribution is 2.40. The van der Waals surface area contributed by atoms with E-state index in [9.17, 15) is 19.7 Å². The van der Waals surface area contributed by atoms with Crippen molar-refractivity contribution in [3.8, 4) is 0 Å². The Bertz CT molecular complexity index is 1010. The van der Waals surface area contributed by atoms with Crippen LogP contribution in [-0.4, -0.2) is 37.0 Å². The summed E-state index contributed by atoms with van der Waals surface area (Å²) in [6.07, 6.45) is 5.75. The van der Waals surface area contributed by atoms with E-state index in [-0.39, 0.29) is 11.3 Å². The predicted octanol–water partition coefficient (Wildman–Crippen LogP) is 4.17. The number of methoxy groups -OCH3 is 1. The molecule has 9 heteroatoms. The number of carbonyl (C=O) groups excluding carboxylic acids is 2. The van der Waals surface area contributed by atoms with Crippen molar-refractivity contribution >= 4 is 39.6 Å². The number of esters is 1. The number of rotatable bonds is 5. The average Bonchev–Trinajstić information content (AvgIpc) is 3.34. The van der Waals surface area contributed by atoms with Crippen LogP contribution in [0.1, 0.15) is 56.8 Å². The molecule has 158 valence electrons. The van der Waals surface area contributed by atoms with Gasteiger partial charge in [0.1, 0.15) is 10.7 Å². The fourth-order valence-electron chi connectivity index (χ4n) is 4.20. The van der Waals surface area contributed by atoms with Gasteiger partial charge in [0, 0.05) is 29.6 Å². The number of piperidine rings is 1. The van der Waals surface area contributed by atoms with E-state index in [1.807, 2.05) is 4.90 Å². The van der Waals surface area contributed by atoms with Gasteiger partial charge in [-0.25, -0.2) is 4.79 Å². The van der Waals surface area contributed by atoms with Crippen molar-refractivity contribution in [3.63, 3.8) is 0 Å². The van der Waals surface area contributed by atoms with E-state index in [1.54, 1.807) is 12.1 Å².